The van der Waals surface area contributed by atoms with Crippen molar-refractivity contribution in [2.75, 3.05) is 0 Å². The number of ether oxygens (including phenoxy) is 2. The third-order valence-electron chi connectivity index (χ3n) is 2.64. The second-order valence-corrected chi connectivity index (χ2v) is 7.36. The first-order valence-electron chi connectivity index (χ1n) is 7.71. The molecule has 0 aromatic carbocycles. The molecule has 0 aromatic heterocycles. The average Bonchev–Trinajstić information content (AvgIpc) is 2.33. The van der Waals surface area contributed by atoms with Crippen molar-refractivity contribution in [3.05, 3.63) is 0 Å². The van der Waals surface area contributed by atoms with E-state index in [4.69, 9.17) is 15.4 Å². The summed E-state index contributed by atoms with van der Waals surface area (Å²) in [5, 5.41) is 0. The molecule has 2 N–H and O–H groups in total. The molecule has 0 aliphatic carbocycles. The van der Waals surface area contributed by atoms with E-state index in [1.165, 1.54) is 0 Å². The minimum atomic E-state index is -1.09. The molecular formula is C16H29NO6. The van der Waals surface area contributed by atoms with Gasteiger partial charge in [-0.2, -0.15) is 5.90 Å². The van der Waals surface area contributed by atoms with Crippen molar-refractivity contribution in [3.8, 4) is 0 Å². The molecule has 0 rings (SSSR count). The van der Waals surface area contributed by atoms with E-state index < -0.39 is 29.1 Å². The number of nitrogens with two attached hydrogens (primary N) is 1. The first-order chi connectivity index (χ1) is 10.4. The van der Waals surface area contributed by atoms with Crippen LogP contribution in [-0.2, 0) is 28.7 Å². The summed E-state index contributed by atoms with van der Waals surface area (Å²) in [6.07, 6.45) is 1.38. The Hall–Kier alpha value is -1.63. The maximum Gasteiger partial charge on any atom is 0.338 e. The quantitative estimate of drug-likeness (QED) is 0.330. The highest BCUT2D eigenvalue weighted by atomic mass is 16.7. The Morgan fingerprint density at radius 1 is 0.870 bits per heavy atom. The van der Waals surface area contributed by atoms with Gasteiger partial charge in [0, 0.05) is 6.42 Å². The van der Waals surface area contributed by atoms with Crippen molar-refractivity contribution in [1.82, 2.24) is 0 Å². The molecule has 0 unspecified atom stereocenters. The summed E-state index contributed by atoms with van der Waals surface area (Å²) < 4.78 is 10.4. The number of carbonyl (C=O) groups is 3. The number of unbranched alkanes of at least 4 members (excludes halogenated alkanes) is 1. The smallest absolute Gasteiger partial charge is 0.338 e. The van der Waals surface area contributed by atoms with Crippen molar-refractivity contribution in [2.45, 2.75) is 78.4 Å². The second-order valence-electron chi connectivity index (χ2n) is 7.36. The molecule has 0 heterocycles. The summed E-state index contributed by atoms with van der Waals surface area (Å²) in [6.45, 7) is 10.5. The molecule has 0 saturated heterocycles. The average molecular weight is 331 g/mol. The molecule has 0 aliphatic heterocycles. The number of carbonyl (C=O) groups excluding carboxylic acids is 3. The Balaban J connectivity index is 4.40. The largest absolute Gasteiger partial charge is 0.460 e. The van der Waals surface area contributed by atoms with Crippen LogP contribution in [0.25, 0.3) is 0 Å². The van der Waals surface area contributed by atoms with Gasteiger partial charge in [0.2, 0.25) is 0 Å². The number of esters is 2. The summed E-state index contributed by atoms with van der Waals surface area (Å²) in [5.74, 6) is 1.96. The van der Waals surface area contributed by atoms with E-state index in [9.17, 15) is 14.4 Å². The molecule has 0 radical (unpaired) electrons. The predicted molar refractivity (Wildman–Crippen MR) is 83.9 cm³/mol. The first kappa shape index (κ1) is 21.4. The van der Waals surface area contributed by atoms with Gasteiger partial charge in [-0.3, -0.25) is 9.59 Å². The zero-order chi connectivity index (χ0) is 18.3. The highest BCUT2D eigenvalue weighted by Crippen LogP contribution is 2.18. The molecule has 134 valence electrons. The van der Waals surface area contributed by atoms with Crippen molar-refractivity contribution < 1.29 is 28.7 Å². The fourth-order valence-corrected chi connectivity index (χ4v) is 1.80. The van der Waals surface area contributed by atoms with Crippen molar-refractivity contribution in [1.29, 1.82) is 0 Å². The van der Waals surface area contributed by atoms with Crippen LogP contribution >= 0.6 is 0 Å². The van der Waals surface area contributed by atoms with Crippen molar-refractivity contribution in [3.63, 3.8) is 0 Å². The van der Waals surface area contributed by atoms with Crippen LogP contribution in [0.3, 0.4) is 0 Å². The summed E-state index contributed by atoms with van der Waals surface area (Å²) in [4.78, 5) is 39.4. The number of hydrogen-bond donors (Lipinski definition) is 1. The molecule has 1 atom stereocenters. The molecule has 0 spiro atoms. The standard InChI is InChI=1S/C16H29NO6/c1-15(2,3)21-12(18)10-8-7-9-11(14(20)23-17)13(19)22-16(4,5)6/h11H,7-10,17H2,1-6H3/t11-/m0/s1. The molecule has 0 fully saturated rings. The minimum Gasteiger partial charge on any atom is -0.460 e. The van der Waals surface area contributed by atoms with Gasteiger partial charge in [0.25, 0.3) is 0 Å². The van der Waals surface area contributed by atoms with Gasteiger partial charge in [-0.1, -0.05) is 6.42 Å². The predicted octanol–water partition coefficient (Wildman–Crippen LogP) is 2.26. The highest BCUT2D eigenvalue weighted by molar-refractivity contribution is 5.94. The Labute approximate surface area is 137 Å². The van der Waals surface area contributed by atoms with Crippen LogP contribution in [0.15, 0.2) is 0 Å². The van der Waals surface area contributed by atoms with E-state index in [1.54, 1.807) is 41.5 Å². The third kappa shape index (κ3) is 10.7. The topological polar surface area (TPSA) is 105 Å². The van der Waals surface area contributed by atoms with Gasteiger partial charge >= 0.3 is 17.9 Å². The van der Waals surface area contributed by atoms with Gasteiger partial charge in [-0.05, 0) is 54.4 Å². The Kier molecular flexibility index (Phi) is 8.23. The normalized spacial score (nSPS) is 13.2. The lowest BCUT2D eigenvalue weighted by atomic mass is 10.0. The highest BCUT2D eigenvalue weighted by Gasteiger charge is 2.32. The van der Waals surface area contributed by atoms with Crippen LogP contribution in [-0.4, -0.2) is 29.1 Å². The van der Waals surface area contributed by atoms with E-state index >= 15 is 0 Å². The van der Waals surface area contributed by atoms with Gasteiger partial charge in [-0.25, -0.2) is 4.79 Å². The summed E-state index contributed by atoms with van der Waals surface area (Å²) in [6, 6.07) is 0. The van der Waals surface area contributed by atoms with E-state index in [0.717, 1.165) is 0 Å². The second kappa shape index (κ2) is 8.86. The SMILES string of the molecule is CC(C)(C)OC(=O)CCCC[C@H](C(=O)ON)C(=O)OC(C)(C)C. The van der Waals surface area contributed by atoms with Gasteiger partial charge in [0.1, 0.15) is 11.2 Å². The molecule has 7 heteroatoms. The summed E-state index contributed by atoms with van der Waals surface area (Å²) in [5.41, 5.74) is -1.24. The van der Waals surface area contributed by atoms with Crippen molar-refractivity contribution >= 4 is 17.9 Å². The van der Waals surface area contributed by atoms with Crippen LogP contribution in [0.1, 0.15) is 67.2 Å². The van der Waals surface area contributed by atoms with Crippen LogP contribution in [0.5, 0.6) is 0 Å². The maximum atomic E-state index is 12.0. The van der Waals surface area contributed by atoms with Gasteiger partial charge < -0.3 is 14.3 Å². The molecule has 0 aromatic rings. The lowest BCUT2D eigenvalue weighted by Crippen LogP contribution is -2.34. The Morgan fingerprint density at radius 2 is 1.39 bits per heavy atom. The fourth-order valence-electron chi connectivity index (χ4n) is 1.80. The fraction of sp³-hybridized carbons (Fsp3) is 0.812. The van der Waals surface area contributed by atoms with Crippen LogP contribution < -0.4 is 5.90 Å². The van der Waals surface area contributed by atoms with Gasteiger partial charge in [0.15, 0.2) is 5.92 Å². The lowest BCUT2D eigenvalue weighted by Gasteiger charge is -2.22. The molecule has 0 amide bonds. The monoisotopic (exact) mass is 331 g/mol. The zero-order valence-corrected chi connectivity index (χ0v) is 14.9. The zero-order valence-electron chi connectivity index (χ0n) is 14.9. The van der Waals surface area contributed by atoms with E-state index in [2.05, 4.69) is 4.84 Å². The molecule has 0 aliphatic rings. The van der Waals surface area contributed by atoms with Crippen molar-refractivity contribution in [2.24, 2.45) is 11.8 Å². The maximum absolute atomic E-state index is 12.0. The van der Waals surface area contributed by atoms with Crippen LogP contribution in [0, 0.1) is 5.92 Å². The van der Waals surface area contributed by atoms with E-state index in [0.29, 0.717) is 12.8 Å². The first-order valence-corrected chi connectivity index (χ1v) is 7.71. The van der Waals surface area contributed by atoms with Gasteiger partial charge in [0.05, 0.1) is 0 Å². The number of rotatable bonds is 7. The molecule has 0 bridgehead atoms. The Morgan fingerprint density at radius 3 is 1.83 bits per heavy atom. The molecule has 0 saturated carbocycles. The molecular weight excluding hydrogens is 302 g/mol. The third-order valence-corrected chi connectivity index (χ3v) is 2.64. The van der Waals surface area contributed by atoms with Crippen LogP contribution in [0.4, 0.5) is 0 Å². The molecule has 23 heavy (non-hydrogen) atoms. The summed E-state index contributed by atoms with van der Waals surface area (Å²) in [7, 11) is 0. The van der Waals surface area contributed by atoms with Gasteiger partial charge in [-0.15, -0.1) is 0 Å². The molecule has 7 nitrogen and oxygen atoms in total. The minimum absolute atomic E-state index is 0.202. The van der Waals surface area contributed by atoms with E-state index in [-0.39, 0.29) is 18.8 Å². The number of hydrogen-bond acceptors (Lipinski definition) is 7. The Bertz CT molecular complexity index is 419. The lowest BCUT2D eigenvalue weighted by molar-refractivity contribution is -0.169. The van der Waals surface area contributed by atoms with E-state index in [1.807, 2.05) is 0 Å². The van der Waals surface area contributed by atoms with Crippen LogP contribution in [0.2, 0.25) is 0 Å². The summed E-state index contributed by atoms with van der Waals surface area (Å²) >= 11 is 0.